The summed E-state index contributed by atoms with van der Waals surface area (Å²) >= 11 is 0. The molecule has 0 radical (unpaired) electrons. The highest BCUT2D eigenvalue weighted by atomic mass is 16.4. The molecule has 0 fully saturated rings. The third-order valence-corrected chi connectivity index (χ3v) is 1.99. The molecule has 1 rings (SSSR count). The van der Waals surface area contributed by atoms with Crippen molar-refractivity contribution in [3.63, 3.8) is 0 Å². The van der Waals surface area contributed by atoms with Crippen molar-refractivity contribution >= 4 is 12.0 Å². The maximum atomic E-state index is 11.3. The molecule has 7 nitrogen and oxygen atoms in total. The van der Waals surface area contributed by atoms with Gasteiger partial charge < -0.3 is 20.7 Å². The van der Waals surface area contributed by atoms with Crippen LogP contribution >= 0.6 is 0 Å². The molecule has 2 amide bonds. The summed E-state index contributed by atoms with van der Waals surface area (Å²) in [4.78, 5) is 28.8. The number of aromatic amines is 1. The van der Waals surface area contributed by atoms with Crippen molar-refractivity contribution in [2.75, 3.05) is 6.54 Å². The molecule has 0 aromatic carbocycles. The van der Waals surface area contributed by atoms with E-state index in [0.717, 1.165) is 0 Å². The largest absolute Gasteiger partial charge is 0.480 e. The van der Waals surface area contributed by atoms with Crippen LogP contribution in [0.25, 0.3) is 0 Å². The minimum Gasteiger partial charge on any atom is -0.480 e. The molecule has 0 aliphatic heterocycles. The number of imidazole rings is 1. The van der Waals surface area contributed by atoms with Gasteiger partial charge in [-0.15, -0.1) is 6.58 Å². The topological polar surface area (TPSA) is 107 Å². The molecule has 0 bridgehead atoms. The van der Waals surface area contributed by atoms with E-state index in [9.17, 15) is 9.59 Å². The van der Waals surface area contributed by atoms with E-state index in [1.807, 2.05) is 0 Å². The molecule has 0 saturated heterocycles. The highest BCUT2D eigenvalue weighted by Gasteiger charge is 2.20. The number of carbonyl (C=O) groups is 2. The highest BCUT2D eigenvalue weighted by Crippen LogP contribution is 1.98. The van der Waals surface area contributed by atoms with Crippen LogP contribution < -0.4 is 10.6 Å². The van der Waals surface area contributed by atoms with Crippen LogP contribution in [0.2, 0.25) is 0 Å². The molecule has 1 atom stereocenters. The predicted molar refractivity (Wildman–Crippen MR) is 60.4 cm³/mol. The number of aliphatic carboxylic acids is 1. The van der Waals surface area contributed by atoms with Gasteiger partial charge in [-0.3, -0.25) is 0 Å². The second-order valence-corrected chi connectivity index (χ2v) is 3.31. The van der Waals surface area contributed by atoms with Crippen molar-refractivity contribution < 1.29 is 14.7 Å². The number of rotatable bonds is 6. The molecule has 7 heteroatoms. The number of nitrogens with zero attached hydrogens (tertiary/aromatic N) is 1. The van der Waals surface area contributed by atoms with Gasteiger partial charge in [0.05, 0.1) is 6.33 Å². The van der Waals surface area contributed by atoms with Crippen LogP contribution in [0.15, 0.2) is 25.2 Å². The number of carbonyl (C=O) groups excluding carboxylic acids is 1. The first kappa shape index (κ1) is 12.8. The van der Waals surface area contributed by atoms with Crippen LogP contribution in [0.3, 0.4) is 0 Å². The molecule has 0 aliphatic carbocycles. The minimum absolute atomic E-state index is 0.150. The number of hydrogen-bond donors (Lipinski definition) is 4. The van der Waals surface area contributed by atoms with Crippen LogP contribution in [-0.2, 0) is 11.2 Å². The van der Waals surface area contributed by atoms with Crippen LogP contribution in [-0.4, -0.2) is 39.7 Å². The van der Waals surface area contributed by atoms with E-state index in [-0.39, 0.29) is 13.0 Å². The first-order valence-electron chi connectivity index (χ1n) is 4.98. The third-order valence-electron chi connectivity index (χ3n) is 1.99. The lowest BCUT2D eigenvalue weighted by Crippen LogP contribution is -2.47. The second-order valence-electron chi connectivity index (χ2n) is 3.31. The maximum absolute atomic E-state index is 11.3. The van der Waals surface area contributed by atoms with Gasteiger partial charge in [0.15, 0.2) is 0 Å². The average Bonchev–Trinajstić information content (AvgIpc) is 2.78. The number of carboxylic acid groups (broad SMARTS) is 1. The fraction of sp³-hybridized carbons (Fsp3) is 0.300. The van der Waals surface area contributed by atoms with Crippen molar-refractivity contribution in [2.24, 2.45) is 0 Å². The monoisotopic (exact) mass is 238 g/mol. The summed E-state index contributed by atoms with van der Waals surface area (Å²) in [5, 5.41) is 13.7. The van der Waals surface area contributed by atoms with E-state index in [1.165, 1.54) is 18.6 Å². The van der Waals surface area contributed by atoms with Gasteiger partial charge in [-0.2, -0.15) is 0 Å². The van der Waals surface area contributed by atoms with Gasteiger partial charge in [0.1, 0.15) is 6.04 Å². The molecule has 0 saturated carbocycles. The van der Waals surface area contributed by atoms with Crippen LogP contribution in [0.1, 0.15) is 5.69 Å². The second kappa shape index (κ2) is 6.31. The molecule has 92 valence electrons. The van der Waals surface area contributed by atoms with E-state index in [2.05, 4.69) is 27.2 Å². The van der Waals surface area contributed by atoms with Gasteiger partial charge in [-0.1, -0.05) is 6.08 Å². The van der Waals surface area contributed by atoms with Crippen LogP contribution in [0, 0.1) is 0 Å². The SMILES string of the molecule is C=CCNC(=O)N[C@H](Cc1cnc[nH]1)C(=O)O. The van der Waals surface area contributed by atoms with Crippen LogP contribution in [0.4, 0.5) is 4.79 Å². The zero-order valence-corrected chi connectivity index (χ0v) is 9.14. The zero-order valence-electron chi connectivity index (χ0n) is 9.14. The fourth-order valence-corrected chi connectivity index (χ4v) is 1.19. The van der Waals surface area contributed by atoms with Gasteiger partial charge >= 0.3 is 12.0 Å². The number of hydrogen-bond acceptors (Lipinski definition) is 3. The Bertz CT molecular complexity index is 388. The van der Waals surface area contributed by atoms with E-state index in [0.29, 0.717) is 5.69 Å². The predicted octanol–water partition coefficient (Wildman–Crippen LogP) is -0.109. The lowest BCUT2D eigenvalue weighted by atomic mass is 10.2. The van der Waals surface area contributed by atoms with Gasteiger partial charge in [0.2, 0.25) is 0 Å². The summed E-state index contributed by atoms with van der Waals surface area (Å²) in [7, 11) is 0. The van der Waals surface area contributed by atoms with E-state index in [4.69, 9.17) is 5.11 Å². The summed E-state index contributed by atoms with van der Waals surface area (Å²) < 4.78 is 0. The van der Waals surface area contributed by atoms with Gasteiger partial charge in [0.25, 0.3) is 0 Å². The molecule has 1 aromatic rings. The van der Waals surface area contributed by atoms with Gasteiger partial charge in [-0.25, -0.2) is 14.6 Å². The van der Waals surface area contributed by atoms with E-state index in [1.54, 1.807) is 0 Å². The summed E-state index contributed by atoms with van der Waals surface area (Å²) in [5.41, 5.74) is 0.640. The third kappa shape index (κ3) is 4.37. The summed E-state index contributed by atoms with van der Waals surface area (Å²) in [6.45, 7) is 3.72. The summed E-state index contributed by atoms with van der Waals surface area (Å²) in [6.07, 6.45) is 4.62. The normalized spacial score (nSPS) is 11.5. The van der Waals surface area contributed by atoms with Gasteiger partial charge in [-0.05, 0) is 0 Å². The lowest BCUT2D eigenvalue weighted by molar-refractivity contribution is -0.139. The Morgan fingerprint density at radius 2 is 2.41 bits per heavy atom. The standard InChI is InChI=1S/C10H14N4O3/c1-2-3-12-10(17)14-8(9(15)16)4-7-5-11-6-13-7/h2,5-6,8H,1,3-4H2,(H,11,13)(H,15,16)(H2,12,14,17)/t8-/m1/s1. The molecule has 17 heavy (non-hydrogen) atoms. The molecular weight excluding hydrogens is 224 g/mol. The number of amides is 2. The van der Waals surface area contributed by atoms with E-state index >= 15 is 0 Å². The molecular formula is C10H14N4O3. The van der Waals surface area contributed by atoms with Crippen molar-refractivity contribution in [1.82, 2.24) is 20.6 Å². The van der Waals surface area contributed by atoms with Gasteiger partial charge in [0, 0.05) is 24.9 Å². The average molecular weight is 238 g/mol. The Balaban J connectivity index is 2.51. The smallest absolute Gasteiger partial charge is 0.326 e. The van der Waals surface area contributed by atoms with Crippen molar-refractivity contribution in [1.29, 1.82) is 0 Å². The lowest BCUT2D eigenvalue weighted by Gasteiger charge is -2.13. The number of aromatic nitrogens is 2. The highest BCUT2D eigenvalue weighted by molar-refractivity contribution is 5.82. The first-order chi connectivity index (χ1) is 8.13. The Kier molecular flexibility index (Phi) is 4.74. The zero-order chi connectivity index (χ0) is 12.7. The molecule has 1 heterocycles. The Morgan fingerprint density at radius 3 is 2.94 bits per heavy atom. The molecule has 0 unspecified atom stereocenters. The quantitative estimate of drug-likeness (QED) is 0.519. The number of carboxylic acids is 1. The number of nitrogens with one attached hydrogen (secondary N) is 3. The first-order valence-corrected chi connectivity index (χ1v) is 4.98. The minimum atomic E-state index is -1.10. The number of H-pyrrole nitrogens is 1. The van der Waals surface area contributed by atoms with Crippen molar-refractivity contribution in [3.8, 4) is 0 Å². The molecule has 4 N–H and O–H groups in total. The Hall–Kier alpha value is -2.31. The Labute approximate surface area is 97.9 Å². The van der Waals surface area contributed by atoms with Crippen molar-refractivity contribution in [2.45, 2.75) is 12.5 Å². The fourth-order valence-electron chi connectivity index (χ4n) is 1.19. The summed E-state index contributed by atoms with van der Waals surface area (Å²) in [5.74, 6) is -1.10. The Morgan fingerprint density at radius 1 is 1.65 bits per heavy atom. The molecule has 1 aromatic heterocycles. The van der Waals surface area contributed by atoms with Crippen LogP contribution in [0.5, 0.6) is 0 Å². The molecule has 0 spiro atoms. The number of urea groups is 1. The molecule has 0 aliphatic rings. The van der Waals surface area contributed by atoms with Crippen molar-refractivity contribution in [3.05, 3.63) is 30.9 Å². The van der Waals surface area contributed by atoms with E-state index < -0.39 is 18.0 Å². The maximum Gasteiger partial charge on any atom is 0.326 e. The summed E-state index contributed by atoms with van der Waals surface area (Å²) in [6, 6.07) is -1.54.